The van der Waals surface area contributed by atoms with Gasteiger partial charge in [-0.2, -0.15) is 5.10 Å². The molecule has 22 heavy (non-hydrogen) atoms. The predicted octanol–water partition coefficient (Wildman–Crippen LogP) is 0.237. The third-order valence-electron chi connectivity index (χ3n) is 3.94. The van der Waals surface area contributed by atoms with Crippen molar-refractivity contribution in [3.05, 3.63) is 53.9 Å². The van der Waals surface area contributed by atoms with Gasteiger partial charge in [0, 0.05) is 31.5 Å². The summed E-state index contributed by atoms with van der Waals surface area (Å²) in [6, 6.07) is 9.88. The number of aromatic nitrogens is 2. The van der Waals surface area contributed by atoms with Gasteiger partial charge in [0.2, 0.25) is 5.91 Å². The molecule has 1 aromatic heterocycles. The van der Waals surface area contributed by atoms with Crippen LogP contribution in [0.5, 0.6) is 0 Å². The first kappa shape index (κ1) is 14.7. The first-order valence-electron chi connectivity index (χ1n) is 7.53. The minimum Gasteiger partial charge on any atom is -0.351 e. The largest absolute Gasteiger partial charge is 0.351 e. The van der Waals surface area contributed by atoms with Gasteiger partial charge in [0.05, 0.1) is 12.6 Å². The maximum absolute atomic E-state index is 12.1. The summed E-state index contributed by atoms with van der Waals surface area (Å²) in [6.07, 6.45) is 4.39. The molecule has 4 N–H and O–H groups in total. The summed E-state index contributed by atoms with van der Waals surface area (Å²) in [7, 11) is 0. The maximum Gasteiger partial charge on any atom is 0.237 e. The van der Waals surface area contributed by atoms with Gasteiger partial charge in [-0.25, -0.2) is 0 Å². The molecule has 1 aliphatic heterocycles. The molecule has 0 bridgehead atoms. The monoisotopic (exact) mass is 299 g/mol. The van der Waals surface area contributed by atoms with E-state index >= 15 is 0 Å². The summed E-state index contributed by atoms with van der Waals surface area (Å²) >= 11 is 0. The normalized spacial score (nSPS) is 21.0. The molecule has 2 aromatic rings. The van der Waals surface area contributed by atoms with E-state index in [4.69, 9.17) is 5.73 Å². The molecule has 1 saturated heterocycles. The lowest BCUT2D eigenvalue weighted by Gasteiger charge is -2.14. The van der Waals surface area contributed by atoms with Gasteiger partial charge >= 0.3 is 0 Å². The zero-order valence-electron chi connectivity index (χ0n) is 12.4. The fourth-order valence-electron chi connectivity index (χ4n) is 2.72. The molecule has 1 fully saturated rings. The van der Waals surface area contributed by atoms with Crippen LogP contribution in [0.25, 0.3) is 0 Å². The quantitative estimate of drug-likeness (QED) is 0.738. The second-order valence-corrected chi connectivity index (χ2v) is 5.65. The molecule has 2 atom stereocenters. The van der Waals surface area contributed by atoms with Crippen molar-refractivity contribution in [3.8, 4) is 0 Å². The van der Waals surface area contributed by atoms with Crippen molar-refractivity contribution in [3.63, 3.8) is 0 Å². The minimum absolute atomic E-state index is 0.0156. The number of nitrogens with one attached hydrogen (secondary N) is 2. The number of nitrogens with two attached hydrogens (primary N) is 1. The van der Waals surface area contributed by atoms with Crippen molar-refractivity contribution >= 4 is 5.91 Å². The third-order valence-corrected chi connectivity index (χ3v) is 3.94. The molecule has 6 heteroatoms. The highest BCUT2D eigenvalue weighted by Crippen LogP contribution is 2.11. The lowest BCUT2D eigenvalue weighted by Crippen LogP contribution is -2.40. The van der Waals surface area contributed by atoms with Crippen molar-refractivity contribution in [1.29, 1.82) is 0 Å². The highest BCUT2D eigenvalue weighted by molar-refractivity contribution is 5.82. The third kappa shape index (κ3) is 3.52. The summed E-state index contributed by atoms with van der Waals surface area (Å²) in [5, 5.41) is 10.4. The second-order valence-electron chi connectivity index (χ2n) is 5.65. The molecular weight excluding hydrogens is 278 g/mol. The van der Waals surface area contributed by atoms with Crippen LogP contribution in [0.1, 0.15) is 17.5 Å². The van der Waals surface area contributed by atoms with Gasteiger partial charge in [-0.05, 0) is 23.6 Å². The molecule has 1 aliphatic rings. The molecule has 1 aromatic carbocycles. The summed E-state index contributed by atoms with van der Waals surface area (Å²) < 4.78 is 1.87. The number of amides is 1. The molecule has 0 unspecified atom stereocenters. The predicted molar refractivity (Wildman–Crippen MR) is 84.0 cm³/mol. The molecule has 0 aliphatic carbocycles. The summed E-state index contributed by atoms with van der Waals surface area (Å²) in [5.41, 5.74) is 8.08. The number of nitrogens with zero attached hydrogens (tertiary/aromatic N) is 2. The lowest BCUT2D eigenvalue weighted by molar-refractivity contribution is -0.122. The molecule has 2 heterocycles. The van der Waals surface area contributed by atoms with E-state index in [-0.39, 0.29) is 18.0 Å². The van der Waals surface area contributed by atoms with Crippen LogP contribution in [-0.4, -0.2) is 34.3 Å². The number of carbonyl (C=O) groups is 1. The van der Waals surface area contributed by atoms with Gasteiger partial charge in [0.1, 0.15) is 0 Å². The summed E-state index contributed by atoms with van der Waals surface area (Å²) in [4.78, 5) is 12.1. The number of carbonyl (C=O) groups excluding carboxylic acids is 1. The Labute approximate surface area is 129 Å². The fraction of sp³-hybridized carbons (Fsp3) is 0.375. The average Bonchev–Trinajstić information content (AvgIpc) is 3.18. The van der Waals surface area contributed by atoms with Gasteiger partial charge in [-0.15, -0.1) is 0 Å². The first-order chi connectivity index (χ1) is 10.7. The highest BCUT2D eigenvalue weighted by atomic mass is 16.2. The molecule has 0 spiro atoms. The van der Waals surface area contributed by atoms with Gasteiger partial charge in [0.15, 0.2) is 0 Å². The Kier molecular flexibility index (Phi) is 4.50. The van der Waals surface area contributed by atoms with Gasteiger partial charge < -0.3 is 16.4 Å². The fourth-order valence-corrected chi connectivity index (χ4v) is 2.72. The zero-order chi connectivity index (χ0) is 15.4. The van der Waals surface area contributed by atoms with Crippen LogP contribution in [-0.2, 0) is 17.9 Å². The van der Waals surface area contributed by atoms with Crippen LogP contribution in [0.15, 0.2) is 42.7 Å². The molecule has 0 saturated carbocycles. The van der Waals surface area contributed by atoms with E-state index in [0.717, 1.165) is 11.1 Å². The second kappa shape index (κ2) is 6.72. The summed E-state index contributed by atoms with van der Waals surface area (Å²) in [6.45, 7) is 1.92. The van der Waals surface area contributed by atoms with Crippen LogP contribution >= 0.6 is 0 Å². The van der Waals surface area contributed by atoms with Crippen molar-refractivity contribution in [1.82, 2.24) is 20.4 Å². The topological polar surface area (TPSA) is 85.0 Å². The Morgan fingerprint density at radius 1 is 1.36 bits per heavy atom. The smallest absolute Gasteiger partial charge is 0.237 e. The van der Waals surface area contributed by atoms with E-state index in [1.165, 1.54) is 0 Å². The van der Waals surface area contributed by atoms with Crippen molar-refractivity contribution in [2.75, 3.05) is 6.54 Å². The highest BCUT2D eigenvalue weighted by Gasteiger charge is 2.26. The van der Waals surface area contributed by atoms with E-state index in [0.29, 0.717) is 26.1 Å². The van der Waals surface area contributed by atoms with Crippen LogP contribution in [0.4, 0.5) is 0 Å². The standard InChI is InChI=1S/C16H21N5O/c17-14-8-15(18-10-14)16(22)19-9-12-4-1-2-5-13(12)11-21-7-3-6-20-21/h1-7,14-15,18H,8-11,17H2,(H,19,22)/t14-,15+/m1/s1. The van der Waals surface area contributed by atoms with E-state index in [1.807, 2.05) is 35.1 Å². The number of hydrogen-bond acceptors (Lipinski definition) is 4. The van der Waals surface area contributed by atoms with E-state index < -0.39 is 0 Å². The summed E-state index contributed by atoms with van der Waals surface area (Å²) in [5.74, 6) is 0.0156. The van der Waals surface area contributed by atoms with Gasteiger partial charge in [-0.3, -0.25) is 9.48 Å². The average molecular weight is 299 g/mol. The van der Waals surface area contributed by atoms with Crippen LogP contribution in [0.2, 0.25) is 0 Å². The van der Waals surface area contributed by atoms with E-state index in [1.54, 1.807) is 6.20 Å². The van der Waals surface area contributed by atoms with Crippen LogP contribution in [0, 0.1) is 0 Å². The molecule has 116 valence electrons. The van der Waals surface area contributed by atoms with E-state index in [2.05, 4.69) is 21.8 Å². The van der Waals surface area contributed by atoms with Crippen molar-refractivity contribution in [2.24, 2.45) is 5.73 Å². The van der Waals surface area contributed by atoms with Crippen LogP contribution < -0.4 is 16.4 Å². The molecule has 3 rings (SSSR count). The Morgan fingerprint density at radius 3 is 2.86 bits per heavy atom. The molecule has 1 amide bonds. The van der Waals surface area contributed by atoms with Crippen molar-refractivity contribution < 1.29 is 4.79 Å². The first-order valence-corrected chi connectivity index (χ1v) is 7.53. The van der Waals surface area contributed by atoms with Crippen molar-refractivity contribution in [2.45, 2.75) is 31.6 Å². The molecular formula is C16H21N5O. The van der Waals surface area contributed by atoms with Gasteiger partial charge in [0.25, 0.3) is 0 Å². The lowest BCUT2D eigenvalue weighted by atomic mass is 10.1. The SMILES string of the molecule is N[C@H]1CN[C@H](C(=O)NCc2ccccc2Cn2cccn2)C1. The van der Waals surface area contributed by atoms with Gasteiger partial charge in [-0.1, -0.05) is 24.3 Å². The van der Waals surface area contributed by atoms with E-state index in [9.17, 15) is 4.79 Å². The Morgan fingerprint density at radius 2 is 2.18 bits per heavy atom. The molecule has 6 nitrogen and oxygen atoms in total. The Balaban J connectivity index is 1.61. The Hall–Kier alpha value is -2.18. The van der Waals surface area contributed by atoms with Crippen LogP contribution in [0.3, 0.4) is 0 Å². The molecule has 0 radical (unpaired) electrons. The maximum atomic E-state index is 12.1. The number of rotatable bonds is 5. The Bertz CT molecular complexity index is 625. The zero-order valence-corrected chi connectivity index (χ0v) is 12.4. The number of benzene rings is 1. The number of hydrogen-bond donors (Lipinski definition) is 3. The minimum atomic E-state index is -0.173.